The van der Waals surface area contributed by atoms with Crippen LogP contribution in [0.3, 0.4) is 0 Å². The van der Waals surface area contributed by atoms with E-state index in [0.29, 0.717) is 17.3 Å². The van der Waals surface area contributed by atoms with E-state index in [1.54, 1.807) is 6.07 Å². The molecule has 0 unspecified atom stereocenters. The average molecular weight is 247 g/mol. The van der Waals surface area contributed by atoms with E-state index < -0.39 is 0 Å². The fourth-order valence-electron chi connectivity index (χ4n) is 2.24. The van der Waals surface area contributed by atoms with Crippen LogP contribution in [-0.2, 0) is 0 Å². The summed E-state index contributed by atoms with van der Waals surface area (Å²) in [5.41, 5.74) is 8.23. The Kier molecular flexibility index (Phi) is 3.45. The number of carbonyl (C=O) groups is 1. The number of carbonyl (C=O) groups excluding carboxylic acids is 1. The van der Waals surface area contributed by atoms with E-state index in [0.717, 1.165) is 18.5 Å². The second-order valence-corrected chi connectivity index (χ2v) is 5.17. The van der Waals surface area contributed by atoms with Crippen LogP contribution in [0.15, 0.2) is 18.2 Å². The first kappa shape index (κ1) is 12.7. The summed E-state index contributed by atoms with van der Waals surface area (Å²) in [5.74, 6) is 0.0664. The molecular weight excluding hydrogens is 226 g/mol. The van der Waals surface area contributed by atoms with Gasteiger partial charge in [0.15, 0.2) is 0 Å². The lowest BCUT2D eigenvalue weighted by atomic mass is 9.91. The standard InChI is InChI=1S/C14H21N3O/c1-16(2)13-8-7-10(9-12(13)15)14(18)17(3)11-5-4-6-11/h7-9,11H,4-6,15H2,1-3H3. The fourth-order valence-corrected chi connectivity index (χ4v) is 2.24. The topological polar surface area (TPSA) is 49.6 Å². The van der Waals surface area contributed by atoms with Gasteiger partial charge in [0.2, 0.25) is 0 Å². The molecule has 4 nitrogen and oxygen atoms in total. The zero-order valence-corrected chi connectivity index (χ0v) is 11.3. The highest BCUT2D eigenvalue weighted by molar-refractivity contribution is 5.96. The molecule has 1 saturated carbocycles. The summed E-state index contributed by atoms with van der Waals surface area (Å²) in [4.78, 5) is 16.1. The SMILES string of the molecule is CN(C)c1ccc(C(=O)N(C)C2CCC2)cc1N. The number of nitrogen functional groups attached to an aromatic ring is 1. The predicted octanol–water partition coefficient (Wildman–Crippen LogP) is 1.96. The summed E-state index contributed by atoms with van der Waals surface area (Å²) in [5, 5.41) is 0. The molecule has 1 aromatic rings. The van der Waals surface area contributed by atoms with Crippen LogP contribution in [0.1, 0.15) is 29.6 Å². The number of hydrogen-bond acceptors (Lipinski definition) is 3. The number of nitrogens with zero attached hydrogens (tertiary/aromatic N) is 2. The summed E-state index contributed by atoms with van der Waals surface area (Å²) in [6, 6.07) is 5.93. The molecule has 4 heteroatoms. The number of benzene rings is 1. The molecule has 0 atom stereocenters. The van der Waals surface area contributed by atoms with Crippen molar-refractivity contribution in [1.29, 1.82) is 0 Å². The largest absolute Gasteiger partial charge is 0.397 e. The van der Waals surface area contributed by atoms with E-state index in [4.69, 9.17) is 5.73 Å². The molecule has 1 aliphatic carbocycles. The van der Waals surface area contributed by atoms with Gasteiger partial charge < -0.3 is 15.5 Å². The molecule has 2 N–H and O–H groups in total. The Morgan fingerprint density at radius 3 is 2.39 bits per heavy atom. The smallest absolute Gasteiger partial charge is 0.253 e. The van der Waals surface area contributed by atoms with E-state index in [2.05, 4.69) is 0 Å². The molecule has 18 heavy (non-hydrogen) atoms. The highest BCUT2D eigenvalue weighted by Gasteiger charge is 2.26. The van der Waals surface area contributed by atoms with Crippen molar-refractivity contribution in [3.05, 3.63) is 23.8 Å². The average Bonchev–Trinajstić information content (AvgIpc) is 2.24. The fraction of sp³-hybridized carbons (Fsp3) is 0.500. The number of nitrogens with two attached hydrogens (primary N) is 1. The Labute approximate surface area is 108 Å². The summed E-state index contributed by atoms with van der Waals surface area (Å²) in [6.07, 6.45) is 3.46. The van der Waals surface area contributed by atoms with Gasteiger partial charge in [0, 0.05) is 32.7 Å². The van der Waals surface area contributed by atoms with Crippen LogP contribution in [0.2, 0.25) is 0 Å². The third-order valence-corrected chi connectivity index (χ3v) is 3.70. The molecule has 1 aliphatic rings. The number of anilines is 2. The quantitative estimate of drug-likeness (QED) is 0.831. The Morgan fingerprint density at radius 1 is 1.28 bits per heavy atom. The molecular formula is C14H21N3O. The molecule has 0 spiro atoms. The minimum Gasteiger partial charge on any atom is -0.397 e. The van der Waals surface area contributed by atoms with Gasteiger partial charge in [-0.15, -0.1) is 0 Å². The second kappa shape index (κ2) is 4.88. The van der Waals surface area contributed by atoms with Crippen molar-refractivity contribution in [1.82, 2.24) is 4.90 Å². The van der Waals surface area contributed by atoms with Crippen molar-refractivity contribution in [3.63, 3.8) is 0 Å². The summed E-state index contributed by atoms with van der Waals surface area (Å²) in [6.45, 7) is 0. The maximum Gasteiger partial charge on any atom is 0.253 e. The van der Waals surface area contributed by atoms with Crippen molar-refractivity contribution < 1.29 is 4.79 Å². The summed E-state index contributed by atoms with van der Waals surface area (Å²) in [7, 11) is 5.75. The summed E-state index contributed by atoms with van der Waals surface area (Å²) >= 11 is 0. The lowest BCUT2D eigenvalue weighted by Crippen LogP contribution is -2.41. The number of amides is 1. The van der Waals surface area contributed by atoms with Crippen LogP contribution in [0, 0.1) is 0 Å². The summed E-state index contributed by atoms with van der Waals surface area (Å²) < 4.78 is 0. The number of hydrogen-bond donors (Lipinski definition) is 1. The van der Waals surface area contributed by atoms with Crippen LogP contribution in [0.4, 0.5) is 11.4 Å². The lowest BCUT2D eigenvalue weighted by molar-refractivity contribution is 0.0652. The number of rotatable bonds is 3. The zero-order chi connectivity index (χ0) is 13.3. The van der Waals surface area contributed by atoms with Crippen molar-refractivity contribution in [2.45, 2.75) is 25.3 Å². The van der Waals surface area contributed by atoms with Gasteiger partial charge in [-0.05, 0) is 37.5 Å². The Balaban J connectivity index is 2.18. The van der Waals surface area contributed by atoms with Crippen LogP contribution in [-0.4, -0.2) is 38.0 Å². The van der Waals surface area contributed by atoms with E-state index in [-0.39, 0.29) is 5.91 Å². The minimum absolute atomic E-state index is 0.0664. The van der Waals surface area contributed by atoms with Crippen molar-refractivity contribution in [2.75, 3.05) is 31.8 Å². The Morgan fingerprint density at radius 2 is 1.94 bits per heavy atom. The van der Waals surface area contributed by atoms with Gasteiger partial charge in [0.1, 0.15) is 0 Å². The van der Waals surface area contributed by atoms with Gasteiger partial charge in [-0.3, -0.25) is 4.79 Å². The molecule has 0 aliphatic heterocycles. The van der Waals surface area contributed by atoms with Gasteiger partial charge in [-0.1, -0.05) is 0 Å². The third kappa shape index (κ3) is 2.28. The van der Waals surface area contributed by atoms with Crippen molar-refractivity contribution in [3.8, 4) is 0 Å². The van der Waals surface area contributed by atoms with Crippen LogP contribution < -0.4 is 10.6 Å². The molecule has 0 radical (unpaired) electrons. The van der Waals surface area contributed by atoms with E-state index in [1.165, 1.54) is 6.42 Å². The minimum atomic E-state index is 0.0664. The second-order valence-electron chi connectivity index (χ2n) is 5.17. The zero-order valence-electron chi connectivity index (χ0n) is 11.3. The van der Waals surface area contributed by atoms with Crippen LogP contribution in [0.25, 0.3) is 0 Å². The highest BCUT2D eigenvalue weighted by atomic mass is 16.2. The lowest BCUT2D eigenvalue weighted by Gasteiger charge is -2.34. The maximum absolute atomic E-state index is 12.3. The van der Waals surface area contributed by atoms with E-state index in [1.807, 2.05) is 43.1 Å². The first-order valence-corrected chi connectivity index (χ1v) is 6.34. The highest BCUT2D eigenvalue weighted by Crippen LogP contribution is 2.27. The molecule has 1 amide bonds. The monoisotopic (exact) mass is 247 g/mol. The van der Waals surface area contributed by atoms with Gasteiger partial charge >= 0.3 is 0 Å². The molecule has 1 fully saturated rings. The van der Waals surface area contributed by atoms with Crippen LogP contribution in [0.5, 0.6) is 0 Å². The molecule has 1 aromatic carbocycles. The van der Waals surface area contributed by atoms with Crippen molar-refractivity contribution in [2.24, 2.45) is 0 Å². The Hall–Kier alpha value is -1.71. The normalized spacial score (nSPS) is 15.1. The third-order valence-electron chi connectivity index (χ3n) is 3.70. The first-order valence-electron chi connectivity index (χ1n) is 6.34. The molecule has 0 heterocycles. The van der Waals surface area contributed by atoms with Gasteiger partial charge in [0.25, 0.3) is 5.91 Å². The Bertz CT molecular complexity index is 452. The van der Waals surface area contributed by atoms with Gasteiger partial charge in [-0.2, -0.15) is 0 Å². The van der Waals surface area contributed by atoms with Gasteiger partial charge in [0.05, 0.1) is 11.4 Å². The van der Waals surface area contributed by atoms with E-state index >= 15 is 0 Å². The van der Waals surface area contributed by atoms with Gasteiger partial charge in [-0.25, -0.2) is 0 Å². The molecule has 0 saturated heterocycles. The van der Waals surface area contributed by atoms with Crippen molar-refractivity contribution >= 4 is 17.3 Å². The molecule has 98 valence electrons. The maximum atomic E-state index is 12.3. The first-order chi connectivity index (χ1) is 8.50. The molecule has 0 bridgehead atoms. The van der Waals surface area contributed by atoms with E-state index in [9.17, 15) is 4.79 Å². The predicted molar refractivity (Wildman–Crippen MR) is 74.9 cm³/mol. The van der Waals surface area contributed by atoms with Crippen LogP contribution >= 0.6 is 0 Å². The molecule has 0 aromatic heterocycles. The molecule has 2 rings (SSSR count).